The van der Waals surface area contributed by atoms with Crippen molar-refractivity contribution < 1.29 is 4.92 Å². The Hall–Kier alpha value is -0.810. The standard InChI is InChI=1S/C10H13ClN2O2S/c1-7(4-11)6-16-10-8(2)3-9(5-12-10)13(14)15/h3,5,7H,4,6H2,1-2H3. The van der Waals surface area contributed by atoms with Crippen molar-refractivity contribution in [1.29, 1.82) is 0 Å². The van der Waals surface area contributed by atoms with Gasteiger partial charge in [0, 0.05) is 17.7 Å². The Kier molecular flexibility index (Phi) is 5.02. The second kappa shape index (κ2) is 6.06. The molecule has 0 saturated heterocycles. The highest BCUT2D eigenvalue weighted by molar-refractivity contribution is 7.99. The van der Waals surface area contributed by atoms with E-state index in [1.807, 2.05) is 6.92 Å². The zero-order valence-electron chi connectivity index (χ0n) is 9.14. The number of alkyl halides is 1. The lowest BCUT2D eigenvalue weighted by atomic mass is 10.3. The number of pyridine rings is 1. The number of thioether (sulfide) groups is 1. The molecule has 0 radical (unpaired) electrons. The molecule has 16 heavy (non-hydrogen) atoms. The molecule has 0 bridgehead atoms. The van der Waals surface area contributed by atoms with E-state index in [1.54, 1.807) is 17.8 Å². The number of nitro groups is 1. The molecule has 1 unspecified atom stereocenters. The zero-order valence-corrected chi connectivity index (χ0v) is 10.7. The predicted molar refractivity (Wildman–Crippen MR) is 66.2 cm³/mol. The highest BCUT2D eigenvalue weighted by Gasteiger charge is 2.10. The Balaban J connectivity index is 2.72. The summed E-state index contributed by atoms with van der Waals surface area (Å²) in [4.78, 5) is 14.2. The molecule has 1 aromatic rings. The van der Waals surface area contributed by atoms with Gasteiger partial charge in [-0.2, -0.15) is 0 Å². The Morgan fingerprint density at radius 3 is 2.88 bits per heavy atom. The Morgan fingerprint density at radius 1 is 1.69 bits per heavy atom. The summed E-state index contributed by atoms with van der Waals surface area (Å²) in [6, 6.07) is 1.54. The van der Waals surface area contributed by atoms with E-state index in [-0.39, 0.29) is 5.69 Å². The predicted octanol–water partition coefficient (Wildman–Crippen LogP) is 3.27. The third-order valence-corrected chi connectivity index (χ3v) is 3.96. The SMILES string of the molecule is Cc1cc([N+](=O)[O-])cnc1SCC(C)CCl. The fourth-order valence-electron chi connectivity index (χ4n) is 1.06. The maximum absolute atomic E-state index is 10.5. The van der Waals surface area contributed by atoms with E-state index in [9.17, 15) is 10.1 Å². The number of halogens is 1. The zero-order chi connectivity index (χ0) is 12.1. The highest BCUT2D eigenvalue weighted by Crippen LogP contribution is 2.25. The molecule has 0 saturated carbocycles. The molecule has 0 amide bonds. The molecule has 0 spiro atoms. The van der Waals surface area contributed by atoms with E-state index >= 15 is 0 Å². The third-order valence-electron chi connectivity index (χ3n) is 1.99. The van der Waals surface area contributed by atoms with Crippen LogP contribution in [0.15, 0.2) is 17.3 Å². The van der Waals surface area contributed by atoms with Crippen LogP contribution in [0.25, 0.3) is 0 Å². The summed E-state index contributed by atoms with van der Waals surface area (Å²) in [6.07, 6.45) is 1.29. The average Bonchev–Trinajstić information content (AvgIpc) is 2.26. The van der Waals surface area contributed by atoms with Gasteiger partial charge in [0.25, 0.3) is 5.69 Å². The first-order chi connectivity index (χ1) is 7.54. The monoisotopic (exact) mass is 260 g/mol. The van der Waals surface area contributed by atoms with Crippen molar-refractivity contribution in [2.45, 2.75) is 18.9 Å². The van der Waals surface area contributed by atoms with E-state index in [2.05, 4.69) is 11.9 Å². The maximum Gasteiger partial charge on any atom is 0.287 e. The molecule has 0 N–H and O–H groups in total. The van der Waals surface area contributed by atoms with E-state index in [1.165, 1.54) is 6.20 Å². The normalized spacial score (nSPS) is 12.4. The molecular formula is C10H13ClN2O2S. The fourth-order valence-corrected chi connectivity index (χ4v) is 2.28. The van der Waals surface area contributed by atoms with Crippen LogP contribution in [-0.4, -0.2) is 21.5 Å². The lowest BCUT2D eigenvalue weighted by Crippen LogP contribution is -2.00. The van der Waals surface area contributed by atoms with Crippen LogP contribution >= 0.6 is 23.4 Å². The Labute approximate surface area is 104 Å². The van der Waals surface area contributed by atoms with Gasteiger partial charge in [0.05, 0.1) is 9.95 Å². The van der Waals surface area contributed by atoms with E-state index < -0.39 is 4.92 Å². The second-order valence-corrected chi connectivity index (χ2v) is 4.96. The summed E-state index contributed by atoms with van der Waals surface area (Å²) in [7, 11) is 0. The van der Waals surface area contributed by atoms with Crippen molar-refractivity contribution in [3.63, 3.8) is 0 Å². The first kappa shape index (κ1) is 13.3. The van der Waals surface area contributed by atoms with Gasteiger partial charge < -0.3 is 0 Å². The smallest absolute Gasteiger partial charge is 0.258 e. The van der Waals surface area contributed by atoms with Gasteiger partial charge in [-0.1, -0.05) is 6.92 Å². The van der Waals surface area contributed by atoms with Crippen LogP contribution < -0.4 is 0 Å². The minimum atomic E-state index is -0.435. The molecule has 0 aromatic carbocycles. The average molecular weight is 261 g/mol. The molecule has 4 nitrogen and oxygen atoms in total. The van der Waals surface area contributed by atoms with Gasteiger partial charge in [0.1, 0.15) is 6.20 Å². The molecule has 0 aliphatic heterocycles. The van der Waals surface area contributed by atoms with Crippen LogP contribution in [0.1, 0.15) is 12.5 Å². The van der Waals surface area contributed by atoms with Crippen LogP contribution in [0.3, 0.4) is 0 Å². The third kappa shape index (κ3) is 3.64. The Morgan fingerprint density at radius 2 is 2.38 bits per heavy atom. The quantitative estimate of drug-likeness (QED) is 0.353. The first-order valence-electron chi connectivity index (χ1n) is 4.84. The van der Waals surface area contributed by atoms with Crippen molar-refractivity contribution in [3.05, 3.63) is 27.9 Å². The minimum Gasteiger partial charge on any atom is -0.258 e. The summed E-state index contributed by atoms with van der Waals surface area (Å²) < 4.78 is 0. The van der Waals surface area contributed by atoms with Crippen molar-refractivity contribution in [2.24, 2.45) is 5.92 Å². The van der Waals surface area contributed by atoms with Crippen molar-refractivity contribution >= 4 is 29.1 Å². The van der Waals surface area contributed by atoms with Gasteiger partial charge in [-0.15, -0.1) is 23.4 Å². The lowest BCUT2D eigenvalue weighted by Gasteiger charge is -2.07. The second-order valence-electron chi connectivity index (χ2n) is 3.64. The molecule has 6 heteroatoms. The number of hydrogen-bond acceptors (Lipinski definition) is 4. The van der Waals surface area contributed by atoms with Crippen molar-refractivity contribution in [3.8, 4) is 0 Å². The molecule has 0 aliphatic rings. The van der Waals surface area contributed by atoms with Crippen LogP contribution in [0.2, 0.25) is 0 Å². The molecule has 0 aliphatic carbocycles. The van der Waals surface area contributed by atoms with Crippen LogP contribution in [0.4, 0.5) is 5.69 Å². The summed E-state index contributed by atoms with van der Waals surface area (Å²) >= 11 is 7.28. The first-order valence-corrected chi connectivity index (χ1v) is 6.36. The Bertz CT molecular complexity index is 387. The molecule has 1 atom stereocenters. The van der Waals surface area contributed by atoms with Crippen LogP contribution in [0.5, 0.6) is 0 Å². The summed E-state index contributed by atoms with van der Waals surface area (Å²) in [5, 5.41) is 11.4. The van der Waals surface area contributed by atoms with Gasteiger partial charge in [-0.3, -0.25) is 10.1 Å². The minimum absolute atomic E-state index is 0.0345. The van der Waals surface area contributed by atoms with Gasteiger partial charge >= 0.3 is 0 Å². The van der Waals surface area contributed by atoms with Crippen molar-refractivity contribution in [2.75, 3.05) is 11.6 Å². The molecule has 1 rings (SSSR count). The van der Waals surface area contributed by atoms with Crippen molar-refractivity contribution in [1.82, 2.24) is 4.98 Å². The highest BCUT2D eigenvalue weighted by atomic mass is 35.5. The maximum atomic E-state index is 10.5. The summed E-state index contributed by atoms with van der Waals surface area (Å²) in [5.41, 5.74) is 0.869. The molecular weight excluding hydrogens is 248 g/mol. The fraction of sp³-hybridized carbons (Fsp3) is 0.500. The van der Waals surface area contributed by atoms with Crippen LogP contribution in [-0.2, 0) is 0 Å². The summed E-state index contributed by atoms with van der Waals surface area (Å²) in [6.45, 7) is 3.88. The summed E-state index contributed by atoms with van der Waals surface area (Å²) in [5.74, 6) is 1.89. The largest absolute Gasteiger partial charge is 0.287 e. The van der Waals surface area contributed by atoms with Gasteiger partial charge in [-0.05, 0) is 18.4 Å². The van der Waals surface area contributed by atoms with E-state index in [0.717, 1.165) is 16.3 Å². The molecule has 88 valence electrons. The van der Waals surface area contributed by atoms with Gasteiger partial charge in [-0.25, -0.2) is 4.98 Å². The number of aromatic nitrogens is 1. The van der Waals surface area contributed by atoms with Gasteiger partial charge in [0.2, 0.25) is 0 Å². The number of rotatable bonds is 5. The van der Waals surface area contributed by atoms with E-state index in [4.69, 9.17) is 11.6 Å². The van der Waals surface area contributed by atoms with Gasteiger partial charge in [0.15, 0.2) is 0 Å². The molecule has 0 fully saturated rings. The van der Waals surface area contributed by atoms with E-state index in [0.29, 0.717) is 11.8 Å². The number of aryl methyl sites for hydroxylation is 1. The topological polar surface area (TPSA) is 56.0 Å². The lowest BCUT2D eigenvalue weighted by molar-refractivity contribution is -0.385. The molecule has 1 heterocycles. The molecule has 1 aromatic heterocycles. The van der Waals surface area contributed by atoms with Crippen LogP contribution in [0, 0.1) is 23.0 Å². The number of hydrogen-bond donors (Lipinski definition) is 0. The number of nitrogens with zero attached hydrogens (tertiary/aromatic N) is 2.